The van der Waals surface area contributed by atoms with E-state index in [1.807, 2.05) is 0 Å². The Morgan fingerprint density at radius 3 is 2.56 bits per heavy atom. The van der Waals surface area contributed by atoms with Crippen LogP contribution >= 0.6 is 0 Å². The number of allylic oxidation sites excluding steroid dienone is 1. The number of nitrogens with zero attached hydrogens (tertiary/aromatic N) is 5. The Morgan fingerprint density at radius 1 is 1.16 bits per heavy atom. The second-order valence-electron chi connectivity index (χ2n) is 6.66. The lowest BCUT2D eigenvalue weighted by Crippen LogP contribution is -2.33. The normalized spacial score (nSPS) is 14.9. The van der Waals surface area contributed by atoms with E-state index in [0.717, 1.165) is 0 Å². The molecule has 3 aromatic rings. The van der Waals surface area contributed by atoms with Crippen LogP contribution in [0.1, 0.15) is 22.0 Å². The van der Waals surface area contributed by atoms with Crippen LogP contribution in [0.2, 0.25) is 0 Å². The number of tetrazole rings is 1. The second kappa shape index (κ2) is 8.26. The summed E-state index contributed by atoms with van der Waals surface area (Å²) in [5.74, 6) is -0.732. The summed E-state index contributed by atoms with van der Waals surface area (Å²) in [7, 11) is 2.65. The number of benzene rings is 2. The van der Waals surface area contributed by atoms with Crippen molar-refractivity contribution in [3.05, 3.63) is 81.0 Å². The van der Waals surface area contributed by atoms with E-state index < -0.39 is 22.7 Å². The van der Waals surface area contributed by atoms with Crippen LogP contribution in [-0.2, 0) is 9.53 Å². The van der Waals surface area contributed by atoms with Gasteiger partial charge in [-0.1, -0.05) is 17.2 Å². The third-order valence-corrected chi connectivity index (χ3v) is 4.90. The molecule has 2 aromatic carbocycles. The van der Waals surface area contributed by atoms with Crippen LogP contribution in [0.3, 0.4) is 0 Å². The first-order chi connectivity index (χ1) is 15.4. The Kier molecular flexibility index (Phi) is 5.33. The Bertz CT molecular complexity index is 1250. The Hall–Kier alpha value is -4.61. The third kappa shape index (κ3) is 3.53. The molecule has 0 aliphatic carbocycles. The molecule has 0 saturated carbocycles. The van der Waals surface area contributed by atoms with Crippen molar-refractivity contribution in [3.8, 4) is 5.75 Å². The molecular formula is C20H16N6O6. The number of carbonyl (C=O) groups is 2. The lowest BCUT2D eigenvalue weighted by Gasteiger charge is -2.28. The van der Waals surface area contributed by atoms with E-state index in [1.54, 1.807) is 18.2 Å². The molecule has 1 N–H and O–H groups in total. The number of esters is 1. The third-order valence-electron chi connectivity index (χ3n) is 4.90. The standard InChI is InChI=1S/C20H16N6O6/c1-31-14-5-3-4-12(10-14)18(27)15-16(19(28)32-2)21-20-22-23-24-25(20)17(15)11-6-8-13(9-7-11)26(29)30/h3-10,17H,1-2H3,(H,21,22,24)/t17-/m0/s1. The van der Waals surface area contributed by atoms with Crippen molar-refractivity contribution in [2.24, 2.45) is 0 Å². The summed E-state index contributed by atoms with van der Waals surface area (Å²) < 4.78 is 11.4. The Balaban J connectivity index is 1.92. The maximum absolute atomic E-state index is 13.6. The lowest BCUT2D eigenvalue weighted by atomic mass is 9.89. The number of hydrogen-bond donors (Lipinski definition) is 1. The predicted octanol–water partition coefficient (Wildman–Crippen LogP) is 1.91. The summed E-state index contributed by atoms with van der Waals surface area (Å²) in [6, 6.07) is 11.0. The lowest BCUT2D eigenvalue weighted by molar-refractivity contribution is -0.384. The minimum Gasteiger partial charge on any atom is -0.497 e. The van der Waals surface area contributed by atoms with Gasteiger partial charge in [0.1, 0.15) is 17.5 Å². The molecule has 12 heteroatoms. The highest BCUT2D eigenvalue weighted by Gasteiger charge is 2.38. The summed E-state index contributed by atoms with van der Waals surface area (Å²) in [4.78, 5) is 36.8. The molecule has 0 spiro atoms. The van der Waals surface area contributed by atoms with Gasteiger partial charge in [-0.05, 0) is 40.3 Å². The largest absolute Gasteiger partial charge is 0.497 e. The summed E-state index contributed by atoms with van der Waals surface area (Å²) in [6.45, 7) is 0. The number of ketones is 1. The smallest absolute Gasteiger partial charge is 0.355 e. The van der Waals surface area contributed by atoms with E-state index in [0.29, 0.717) is 11.3 Å². The van der Waals surface area contributed by atoms with E-state index >= 15 is 0 Å². The zero-order valence-electron chi connectivity index (χ0n) is 16.9. The Labute approximate surface area is 180 Å². The molecule has 0 unspecified atom stereocenters. The van der Waals surface area contributed by atoms with Gasteiger partial charge in [0.25, 0.3) is 5.69 Å². The fraction of sp³-hybridized carbons (Fsp3) is 0.150. The average Bonchev–Trinajstić information content (AvgIpc) is 3.30. The number of nitro groups is 1. The fourth-order valence-electron chi connectivity index (χ4n) is 3.39. The van der Waals surface area contributed by atoms with Crippen molar-refractivity contribution >= 4 is 23.4 Å². The van der Waals surface area contributed by atoms with Gasteiger partial charge in [0.15, 0.2) is 5.78 Å². The minimum absolute atomic E-state index is 0.0127. The van der Waals surface area contributed by atoms with Gasteiger partial charge in [-0.15, -0.1) is 0 Å². The fourth-order valence-corrected chi connectivity index (χ4v) is 3.39. The number of Topliss-reactive ketones (excluding diaryl/α,β-unsaturated/α-hetero) is 1. The van der Waals surface area contributed by atoms with Gasteiger partial charge in [0, 0.05) is 17.7 Å². The van der Waals surface area contributed by atoms with Crippen LogP contribution < -0.4 is 10.1 Å². The van der Waals surface area contributed by atoms with Gasteiger partial charge < -0.3 is 14.8 Å². The molecule has 1 aliphatic heterocycles. The van der Waals surface area contributed by atoms with Crippen LogP contribution in [0.5, 0.6) is 5.75 Å². The molecule has 1 atom stereocenters. The van der Waals surface area contributed by atoms with Gasteiger partial charge in [0.05, 0.1) is 24.7 Å². The van der Waals surface area contributed by atoms with Crippen LogP contribution in [-0.4, -0.2) is 51.1 Å². The van der Waals surface area contributed by atoms with E-state index in [2.05, 4.69) is 20.8 Å². The summed E-state index contributed by atoms with van der Waals surface area (Å²) >= 11 is 0. The molecule has 0 fully saturated rings. The first kappa shape index (κ1) is 20.7. The average molecular weight is 436 g/mol. The van der Waals surface area contributed by atoms with Gasteiger partial charge >= 0.3 is 5.97 Å². The van der Waals surface area contributed by atoms with Crippen molar-refractivity contribution in [1.82, 2.24) is 20.2 Å². The van der Waals surface area contributed by atoms with Crippen molar-refractivity contribution in [1.29, 1.82) is 0 Å². The highest BCUT2D eigenvalue weighted by atomic mass is 16.6. The number of nitro benzene ring substituents is 1. The highest BCUT2D eigenvalue weighted by Crippen LogP contribution is 2.37. The van der Waals surface area contributed by atoms with E-state index in [-0.39, 0.29) is 28.5 Å². The van der Waals surface area contributed by atoms with E-state index in [1.165, 1.54) is 49.2 Å². The molecule has 32 heavy (non-hydrogen) atoms. The van der Waals surface area contributed by atoms with Gasteiger partial charge in [-0.3, -0.25) is 14.9 Å². The summed E-state index contributed by atoms with van der Waals surface area (Å²) in [5, 5.41) is 25.2. The van der Waals surface area contributed by atoms with Crippen molar-refractivity contribution in [3.63, 3.8) is 0 Å². The zero-order valence-corrected chi connectivity index (χ0v) is 16.9. The zero-order chi connectivity index (χ0) is 22.8. The maximum Gasteiger partial charge on any atom is 0.355 e. The van der Waals surface area contributed by atoms with E-state index in [9.17, 15) is 19.7 Å². The summed E-state index contributed by atoms with van der Waals surface area (Å²) in [5.41, 5.74) is 0.464. The molecule has 1 aromatic heterocycles. The molecule has 2 heterocycles. The number of hydrogen-bond acceptors (Lipinski definition) is 10. The monoisotopic (exact) mass is 436 g/mol. The number of aromatic nitrogens is 4. The molecule has 0 saturated heterocycles. The SMILES string of the molecule is COC(=O)C1=C(C(=O)c2cccc(OC)c2)[C@H](c2ccc([N+](=O)[O-])cc2)n2nnnc2N1. The number of rotatable bonds is 6. The number of ether oxygens (including phenoxy) is 2. The maximum atomic E-state index is 13.6. The molecule has 0 amide bonds. The predicted molar refractivity (Wildman–Crippen MR) is 109 cm³/mol. The second-order valence-corrected chi connectivity index (χ2v) is 6.66. The van der Waals surface area contributed by atoms with Crippen molar-refractivity contribution < 1.29 is 24.0 Å². The number of fused-ring (bicyclic) bond motifs is 1. The van der Waals surface area contributed by atoms with Crippen molar-refractivity contribution in [2.45, 2.75) is 6.04 Å². The molecule has 1 aliphatic rings. The molecular weight excluding hydrogens is 420 g/mol. The molecule has 12 nitrogen and oxygen atoms in total. The number of methoxy groups -OCH3 is 2. The quantitative estimate of drug-likeness (QED) is 0.262. The van der Waals surface area contributed by atoms with Crippen LogP contribution in [0.15, 0.2) is 59.8 Å². The number of nitrogens with one attached hydrogen (secondary N) is 1. The first-order valence-electron chi connectivity index (χ1n) is 9.25. The number of non-ortho nitro benzene ring substituents is 1. The first-order valence-corrected chi connectivity index (χ1v) is 9.25. The Morgan fingerprint density at radius 2 is 1.91 bits per heavy atom. The van der Waals surface area contributed by atoms with Crippen LogP contribution in [0.25, 0.3) is 0 Å². The summed E-state index contributed by atoms with van der Waals surface area (Å²) in [6.07, 6.45) is 0. The van der Waals surface area contributed by atoms with Gasteiger partial charge in [-0.2, -0.15) is 4.68 Å². The number of carbonyl (C=O) groups excluding carboxylic acids is 2. The molecule has 4 rings (SSSR count). The van der Waals surface area contributed by atoms with Crippen LogP contribution in [0, 0.1) is 10.1 Å². The highest BCUT2D eigenvalue weighted by molar-refractivity contribution is 6.15. The van der Waals surface area contributed by atoms with Crippen LogP contribution in [0.4, 0.5) is 11.6 Å². The van der Waals surface area contributed by atoms with E-state index in [4.69, 9.17) is 9.47 Å². The van der Waals surface area contributed by atoms with Crippen molar-refractivity contribution in [2.75, 3.05) is 19.5 Å². The minimum atomic E-state index is -0.949. The number of anilines is 1. The molecule has 0 radical (unpaired) electrons. The molecule has 0 bridgehead atoms. The van der Waals surface area contributed by atoms with Gasteiger partial charge in [0.2, 0.25) is 5.95 Å². The van der Waals surface area contributed by atoms with Gasteiger partial charge in [-0.25, -0.2) is 4.79 Å². The topological polar surface area (TPSA) is 151 Å². The molecule has 162 valence electrons.